The molecule has 2 N–H and O–H groups in total. The van der Waals surface area contributed by atoms with Crippen molar-refractivity contribution in [2.45, 2.75) is 38.8 Å². The van der Waals surface area contributed by atoms with E-state index in [0.717, 1.165) is 25.9 Å². The predicted octanol–water partition coefficient (Wildman–Crippen LogP) is 0.361. The number of likely N-dealkylation sites (tertiary alicyclic amines) is 1. The smallest absolute Gasteiger partial charge is 0.323 e. The lowest BCUT2D eigenvalue weighted by molar-refractivity contribution is -0.149. The summed E-state index contributed by atoms with van der Waals surface area (Å²) < 4.78 is 4.97. The van der Waals surface area contributed by atoms with Crippen molar-refractivity contribution < 1.29 is 9.53 Å². The second kappa shape index (κ2) is 5.32. The van der Waals surface area contributed by atoms with Crippen LogP contribution in [0.2, 0.25) is 0 Å². The topological polar surface area (TPSA) is 55.6 Å². The minimum atomic E-state index is -0.152. The van der Waals surface area contributed by atoms with E-state index in [2.05, 4.69) is 4.90 Å². The Labute approximate surface area is 85.4 Å². The predicted molar refractivity (Wildman–Crippen MR) is 54.9 cm³/mol. The average molecular weight is 200 g/mol. The zero-order valence-corrected chi connectivity index (χ0v) is 9.03. The molecule has 0 radical (unpaired) electrons. The number of hydrogen-bond donors (Lipinski definition) is 1. The highest BCUT2D eigenvalue weighted by Crippen LogP contribution is 2.12. The van der Waals surface area contributed by atoms with Crippen molar-refractivity contribution in [2.24, 2.45) is 5.73 Å². The number of ether oxygens (including phenoxy) is 1. The Morgan fingerprint density at radius 2 is 2.43 bits per heavy atom. The van der Waals surface area contributed by atoms with Gasteiger partial charge >= 0.3 is 5.97 Å². The fourth-order valence-electron chi connectivity index (χ4n) is 1.80. The Balaban J connectivity index is 2.42. The molecule has 1 unspecified atom stereocenters. The minimum Gasteiger partial charge on any atom is -0.465 e. The highest BCUT2D eigenvalue weighted by molar-refractivity contribution is 5.75. The molecule has 0 saturated carbocycles. The quantitative estimate of drug-likeness (QED) is 0.668. The lowest BCUT2D eigenvalue weighted by atomic mass is 10.1. The van der Waals surface area contributed by atoms with Gasteiger partial charge in [0.15, 0.2) is 0 Å². The van der Waals surface area contributed by atoms with E-state index in [4.69, 9.17) is 10.5 Å². The monoisotopic (exact) mass is 200 g/mol. The van der Waals surface area contributed by atoms with E-state index in [-0.39, 0.29) is 18.1 Å². The second-order valence-corrected chi connectivity index (χ2v) is 3.83. The van der Waals surface area contributed by atoms with Crippen LogP contribution in [0.25, 0.3) is 0 Å². The van der Waals surface area contributed by atoms with Crippen LogP contribution in [0.5, 0.6) is 0 Å². The maximum Gasteiger partial charge on any atom is 0.323 e. The number of rotatable bonds is 3. The third-order valence-electron chi connectivity index (χ3n) is 2.66. The van der Waals surface area contributed by atoms with E-state index in [0.29, 0.717) is 6.61 Å². The van der Waals surface area contributed by atoms with E-state index < -0.39 is 0 Å². The zero-order valence-electron chi connectivity index (χ0n) is 9.03. The molecule has 1 aliphatic heterocycles. The summed E-state index contributed by atoms with van der Waals surface area (Å²) in [6.07, 6.45) is 2.14. The van der Waals surface area contributed by atoms with Crippen LogP contribution in [0.3, 0.4) is 0 Å². The molecule has 0 aromatic heterocycles. The van der Waals surface area contributed by atoms with Crippen molar-refractivity contribution in [2.75, 3.05) is 19.7 Å². The Morgan fingerprint density at radius 1 is 1.71 bits per heavy atom. The van der Waals surface area contributed by atoms with Gasteiger partial charge in [0.05, 0.1) is 6.61 Å². The molecule has 0 aromatic rings. The first-order chi connectivity index (χ1) is 6.65. The van der Waals surface area contributed by atoms with Crippen LogP contribution < -0.4 is 5.73 Å². The lowest BCUT2D eigenvalue weighted by Gasteiger charge is -2.33. The molecule has 0 amide bonds. The van der Waals surface area contributed by atoms with E-state index >= 15 is 0 Å². The van der Waals surface area contributed by atoms with Crippen LogP contribution in [0.1, 0.15) is 26.7 Å². The van der Waals surface area contributed by atoms with Gasteiger partial charge in [-0.25, -0.2) is 0 Å². The minimum absolute atomic E-state index is 0.137. The summed E-state index contributed by atoms with van der Waals surface area (Å²) in [6, 6.07) is 0.0573. The molecule has 1 aliphatic rings. The maximum absolute atomic E-state index is 11.4. The van der Waals surface area contributed by atoms with Crippen LogP contribution >= 0.6 is 0 Å². The van der Waals surface area contributed by atoms with Gasteiger partial charge in [0, 0.05) is 12.6 Å². The third-order valence-corrected chi connectivity index (χ3v) is 2.66. The summed E-state index contributed by atoms with van der Waals surface area (Å²) in [4.78, 5) is 13.5. The van der Waals surface area contributed by atoms with E-state index in [9.17, 15) is 4.79 Å². The van der Waals surface area contributed by atoms with Crippen molar-refractivity contribution in [3.05, 3.63) is 0 Å². The Kier molecular flexibility index (Phi) is 4.35. The summed E-state index contributed by atoms with van der Waals surface area (Å²) in [7, 11) is 0. The van der Waals surface area contributed by atoms with Crippen molar-refractivity contribution in [3.8, 4) is 0 Å². The molecule has 0 bridgehead atoms. The van der Waals surface area contributed by atoms with E-state index in [1.165, 1.54) is 0 Å². The van der Waals surface area contributed by atoms with E-state index in [1.54, 1.807) is 0 Å². The van der Waals surface area contributed by atoms with Crippen LogP contribution in [0.4, 0.5) is 0 Å². The highest BCUT2D eigenvalue weighted by Gasteiger charge is 2.26. The molecule has 4 heteroatoms. The molecule has 1 rings (SSSR count). The molecule has 0 aromatic carbocycles. The molecule has 4 nitrogen and oxygen atoms in total. The lowest BCUT2D eigenvalue weighted by Crippen LogP contribution is -2.49. The number of carbonyl (C=O) groups excluding carboxylic acids is 1. The molecule has 14 heavy (non-hydrogen) atoms. The number of nitrogens with two attached hydrogens (primary N) is 1. The first-order valence-electron chi connectivity index (χ1n) is 5.31. The number of nitrogens with zero attached hydrogens (tertiary/aromatic N) is 1. The first kappa shape index (κ1) is 11.5. The van der Waals surface area contributed by atoms with Gasteiger partial charge in [0.2, 0.25) is 0 Å². The second-order valence-electron chi connectivity index (χ2n) is 3.83. The number of esters is 1. The average Bonchev–Trinajstić information content (AvgIpc) is 2.17. The van der Waals surface area contributed by atoms with Gasteiger partial charge in [-0.1, -0.05) is 0 Å². The van der Waals surface area contributed by atoms with Gasteiger partial charge in [-0.3, -0.25) is 9.69 Å². The first-order valence-corrected chi connectivity index (χ1v) is 5.31. The summed E-state index contributed by atoms with van der Waals surface area (Å²) in [5.41, 5.74) is 5.84. The van der Waals surface area contributed by atoms with Crippen LogP contribution in [-0.4, -0.2) is 42.6 Å². The number of piperidine rings is 1. The van der Waals surface area contributed by atoms with Crippen LogP contribution in [0, 0.1) is 0 Å². The standard InChI is InChI=1S/C10H20N2O2/c1-3-14-10(13)8(2)12-6-4-5-9(11)7-12/h8-9H,3-7,11H2,1-2H3/t8?,9-/m1/s1. The van der Waals surface area contributed by atoms with Gasteiger partial charge < -0.3 is 10.5 Å². The molecule has 1 fully saturated rings. The third kappa shape index (κ3) is 2.96. The summed E-state index contributed by atoms with van der Waals surface area (Å²) in [5, 5.41) is 0. The molecule has 82 valence electrons. The summed E-state index contributed by atoms with van der Waals surface area (Å²) in [5.74, 6) is -0.137. The zero-order chi connectivity index (χ0) is 10.6. The molecule has 1 saturated heterocycles. The summed E-state index contributed by atoms with van der Waals surface area (Å²) in [6.45, 7) is 5.92. The van der Waals surface area contributed by atoms with Crippen molar-refractivity contribution in [1.82, 2.24) is 4.90 Å². The summed E-state index contributed by atoms with van der Waals surface area (Å²) >= 11 is 0. The van der Waals surface area contributed by atoms with E-state index in [1.807, 2.05) is 13.8 Å². The fraction of sp³-hybridized carbons (Fsp3) is 0.900. The van der Waals surface area contributed by atoms with Crippen LogP contribution in [0.15, 0.2) is 0 Å². The molecular weight excluding hydrogens is 180 g/mol. The normalized spacial score (nSPS) is 25.8. The molecule has 0 aliphatic carbocycles. The Morgan fingerprint density at radius 3 is 3.00 bits per heavy atom. The van der Waals surface area contributed by atoms with Gasteiger partial charge in [-0.05, 0) is 33.2 Å². The van der Waals surface area contributed by atoms with Gasteiger partial charge in [-0.2, -0.15) is 0 Å². The van der Waals surface area contributed by atoms with Gasteiger partial charge in [0.25, 0.3) is 0 Å². The van der Waals surface area contributed by atoms with Crippen molar-refractivity contribution >= 4 is 5.97 Å². The molecule has 0 spiro atoms. The number of carbonyl (C=O) groups is 1. The van der Waals surface area contributed by atoms with Crippen LogP contribution in [-0.2, 0) is 9.53 Å². The largest absolute Gasteiger partial charge is 0.465 e. The number of hydrogen-bond acceptors (Lipinski definition) is 4. The molecule has 1 heterocycles. The highest BCUT2D eigenvalue weighted by atomic mass is 16.5. The van der Waals surface area contributed by atoms with Gasteiger partial charge in [0.1, 0.15) is 6.04 Å². The molecule has 2 atom stereocenters. The Hall–Kier alpha value is -0.610. The van der Waals surface area contributed by atoms with Gasteiger partial charge in [-0.15, -0.1) is 0 Å². The fourth-order valence-corrected chi connectivity index (χ4v) is 1.80. The van der Waals surface area contributed by atoms with Crippen molar-refractivity contribution in [1.29, 1.82) is 0 Å². The van der Waals surface area contributed by atoms with Crippen molar-refractivity contribution in [3.63, 3.8) is 0 Å². The maximum atomic E-state index is 11.4. The Bertz CT molecular complexity index is 197. The SMILES string of the molecule is CCOC(=O)C(C)N1CCC[C@@H](N)C1. The molecular formula is C10H20N2O2.